The van der Waals surface area contributed by atoms with E-state index in [-0.39, 0.29) is 23.3 Å². The third-order valence-corrected chi connectivity index (χ3v) is 6.56. The lowest BCUT2D eigenvalue weighted by Crippen LogP contribution is -2.51. The first-order valence-corrected chi connectivity index (χ1v) is 12.7. The highest BCUT2D eigenvalue weighted by Gasteiger charge is 2.32. The number of fused-ring (bicyclic) bond motifs is 1. The monoisotopic (exact) mass is 533 g/mol. The van der Waals surface area contributed by atoms with E-state index in [1.165, 1.54) is 18.2 Å². The maximum atomic E-state index is 13.3. The second-order valence-electron chi connectivity index (χ2n) is 10.3. The fourth-order valence-electron chi connectivity index (χ4n) is 4.43. The lowest BCUT2D eigenvalue weighted by molar-refractivity contribution is -0.117. The molecule has 1 aromatic heterocycles. The first kappa shape index (κ1) is 31.4. The van der Waals surface area contributed by atoms with Crippen LogP contribution in [0.25, 0.3) is 10.8 Å². The highest BCUT2D eigenvalue weighted by Crippen LogP contribution is 2.28. The lowest BCUT2D eigenvalue weighted by atomic mass is 9.37. The van der Waals surface area contributed by atoms with Crippen LogP contribution >= 0.6 is 0 Å². The van der Waals surface area contributed by atoms with Gasteiger partial charge in [0.05, 0.1) is 74.3 Å². The Hall–Kier alpha value is -3.51. The summed E-state index contributed by atoms with van der Waals surface area (Å²) in [6, 6.07) is 17.9. The maximum absolute atomic E-state index is 13.3. The minimum atomic E-state index is -1.91. The number of ether oxygens (including phenoxy) is 1. The number of carbonyl (C=O) groups excluding carboxylic acids is 2. The number of hydrogen-bond donors (Lipinski definition) is 2. The van der Waals surface area contributed by atoms with Crippen LogP contribution in [0.2, 0.25) is 0 Å². The van der Waals surface area contributed by atoms with Gasteiger partial charge < -0.3 is 15.8 Å². The molecule has 3 N–H and O–H groups in total. The summed E-state index contributed by atoms with van der Waals surface area (Å²) in [6.45, 7) is -0.135. The van der Waals surface area contributed by atoms with Crippen LogP contribution in [0.1, 0.15) is 38.5 Å². The number of amides is 1. The van der Waals surface area contributed by atoms with E-state index in [4.69, 9.17) is 73.2 Å². The van der Waals surface area contributed by atoms with Crippen LogP contribution in [0.15, 0.2) is 79.1 Å². The first-order valence-electron chi connectivity index (χ1n) is 12.7. The molecule has 16 radical (unpaired) electrons. The summed E-state index contributed by atoms with van der Waals surface area (Å²) in [7, 11) is 46.8. The predicted octanol–water partition coefficient (Wildman–Crippen LogP) is 0.495. The van der Waals surface area contributed by atoms with Crippen LogP contribution in [-0.4, -0.2) is 85.0 Å². The van der Waals surface area contributed by atoms with Crippen molar-refractivity contribution < 1.29 is 14.3 Å². The molecule has 3 aromatic carbocycles. The zero-order valence-electron chi connectivity index (χ0n) is 22.7. The second kappa shape index (κ2) is 12.0. The molecule has 0 spiro atoms. The molecule has 0 saturated heterocycles. The summed E-state index contributed by atoms with van der Waals surface area (Å²) in [5, 5.41) is -0.868. The quantitative estimate of drug-likeness (QED) is 0.242. The highest BCUT2D eigenvalue weighted by atomic mass is 16.5. The highest BCUT2D eigenvalue weighted by molar-refractivity contribution is 6.60. The Balaban J connectivity index is 1.49. The van der Waals surface area contributed by atoms with Crippen LogP contribution in [0.4, 0.5) is 5.69 Å². The van der Waals surface area contributed by atoms with Gasteiger partial charge in [0.15, 0.2) is 0 Å². The van der Waals surface area contributed by atoms with Gasteiger partial charge in [0.1, 0.15) is 6.61 Å². The summed E-state index contributed by atoms with van der Waals surface area (Å²) in [5.74, 6) is -2.37. The maximum Gasteiger partial charge on any atom is 0.338 e. The van der Waals surface area contributed by atoms with E-state index in [0.29, 0.717) is 16.8 Å². The Morgan fingerprint density at radius 2 is 1.52 bits per heavy atom. The minimum absolute atomic E-state index is 0.00740. The van der Waals surface area contributed by atoms with Crippen molar-refractivity contribution in [2.24, 2.45) is 5.73 Å². The molecular formula is C28H19B8N3O3. The van der Waals surface area contributed by atoms with Gasteiger partial charge in [-0.2, -0.15) is 0 Å². The molecule has 0 aliphatic heterocycles. The molecule has 0 unspecified atom stereocenters. The summed E-state index contributed by atoms with van der Waals surface area (Å²) < 4.78 is 5.45. The first-order chi connectivity index (χ1) is 19.5. The molecule has 188 valence electrons. The Morgan fingerprint density at radius 3 is 2.14 bits per heavy atom. The van der Waals surface area contributed by atoms with Crippen molar-refractivity contribution in [3.05, 3.63) is 107 Å². The van der Waals surface area contributed by atoms with Gasteiger partial charge >= 0.3 is 5.97 Å². The molecule has 0 bridgehead atoms. The van der Waals surface area contributed by atoms with Gasteiger partial charge in [0.2, 0.25) is 5.91 Å². The number of nitrogens with one attached hydrogen (secondary N) is 1. The van der Waals surface area contributed by atoms with Crippen LogP contribution in [0.5, 0.6) is 0 Å². The van der Waals surface area contributed by atoms with Crippen LogP contribution < -0.4 is 11.1 Å². The van der Waals surface area contributed by atoms with Gasteiger partial charge in [-0.1, -0.05) is 53.6 Å². The molecule has 0 aliphatic rings. The average Bonchev–Trinajstić information content (AvgIpc) is 2.90. The van der Waals surface area contributed by atoms with E-state index < -0.39 is 33.4 Å². The Bertz CT molecular complexity index is 1610. The standard InChI is InChI=1S/C28H19B8N3O3/c29-26(30,31)19-6-8-21(22(12-19)27(32,33)34)25(41)42-14-15-1-3-16(4-2-15)23(28(35,36)37)24(40)39-20-7-5-18-13-38-10-9-17(18)11-20/h1-13,23H,14,37H2,(H,39,40)/t23-/m1/s1. The van der Waals surface area contributed by atoms with E-state index in [2.05, 4.69) is 10.3 Å². The fraction of sp³-hybridized carbons (Fsp3) is 0.179. The summed E-state index contributed by atoms with van der Waals surface area (Å²) in [6.07, 6.45) is 3.38. The fourth-order valence-corrected chi connectivity index (χ4v) is 4.43. The molecule has 0 saturated carbocycles. The number of nitrogens with zero attached hydrogens (tertiary/aromatic N) is 1. The molecule has 42 heavy (non-hydrogen) atoms. The average molecular weight is 532 g/mol. The second-order valence-corrected chi connectivity index (χ2v) is 10.3. The van der Waals surface area contributed by atoms with Crippen molar-refractivity contribution in [1.82, 2.24) is 4.98 Å². The number of anilines is 1. The molecular weight excluding hydrogens is 513 g/mol. The smallest absolute Gasteiger partial charge is 0.338 e. The molecule has 1 amide bonds. The largest absolute Gasteiger partial charge is 0.457 e. The third-order valence-electron chi connectivity index (χ3n) is 6.56. The molecule has 1 heterocycles. The summed E-state index contributed by atoms with van der Waals surface area (Å²) in [4.78, 5) is 30.3. The Morgan fingerprint density at radius 1 is 0.833 bits per heavy atom. The SMILES string of the molecule is [B]C([B])([B])c1ccc(C(=O)OCc2ccc([C@H](C(=O)Nc3ccc4cnccc4c3)C([B])([B])N)cc2)c(C([B])([B])[B])c1. The summed E-state index contributed by atoms with van der Waals surface area (Å²) >= 11 is 0. The van der Waals surface area contributed by atoms with Crippen molar-refractivity contribution in [3.63, 3.8) is 0 Å². The van der Waals surface area contributed by atoms with Gasteiger partial charge in [0.25, 0.3) is 0 Å². The van der Waals surface area contributed by atoms with Crippen molar-refractivity contribution >= 4 is 91.1 Å². The van der Waals surface area contributed by atoms with Crippen LogP contribution in [0.3, 0.4) is 0 Å². The van der Waals surface area contributed by atoms with Crippen molar-refractivity contribution in [2.75, 3.05) is 5.32 Å². The van der Waals surface area contributed by atoms with Crippen molar-refractivity contribution in [1.29, 1.82) is 0 Å². The normalized spacial score (nSPS) is 12.9. The van der Waals surface area contributed by atoms with Gasteiger partial charge in [-0.15, -0.1) is 10.2 Å². The van der Waals surface area contributed by atoms with E-state index >= 15 is 0 Å². The van der Waals surface area contributed by atoms with Crippen molar-refractivity contribution in [3.8, 4) is 0 Å². The van der Waals surface area contributed by atoms with Crippen LogP contribution in [-0.2, 0) is 26.4 Å². The van der Waals surface area contributed by atoms with E-state index in [9.17, 15) is 9.59 Å². The number of pyridine rings is 1. The Labute approximate surface area is 256 Å². The van der Waals surface area contributed by atoms with Gasteiger partial charge in [-0.05, 0) is 46.1 Å². The number of benzene rings is 3. The zero-order chi connectivity index (χ0) is 30.9. The Kier molecular flexibility index (Phi) is 8.98. The lowest BCUT2D eigenvalue weighted by Gasteiger charge is -2.31. The van der Waals surface area contributed by atoms with E-state index in [1.54, 1.807) is 48.8 Å². The molecule has 1 atom stereocenters. The number of nitrogens with two attached hydrogens (primary N) is 1. The van der Waals surface area contributed by atoms with E-state index in [1.807, 2.05) is 12.1 Å². The predicted molar refractivity (Wildman–Crippen MR) is 171 cm³/mol. The number of rotatable bonds is 9. The number of carbonyl (C=O) groups is 2. The van der Waals surface area contributed by atoms with Crippen LogP contribution in [0, 0.1) is 0 Å². The van der Waals surface area contributed by atoms with Gasteiger partial charge in [-0.3, -0.25) is 9.78 Å². The molecule has 0 aliphatic carbocycles. The molecule has 6 nitrogen and oxygen atoms in total. The number of hydrogen-bond acceptors (Lipinski definition) is 5. The number of aromatic nitrogens is 1. The molecule has 4 aromatic rings. The van der Waals surface area contributed by atoms with Gasteiger partial charge in [0, 0.05) is 23.5 Å². The molecule has 0 fully saturated rings. The minimum Gasteiger partial charge on any atom is -0.457 e. The number of esters is 1. The zero-order valence-corrected chi connectivity index (χ0v) is 22.7. The summed E-state index contributed by atoms with van der Waals surface area (Å²) in [5.41, 5.74) is 7.88. The third kappa shape index (κ3) is 7.46. The van der Waals surface area contributed by atoms with E-state index in [0.717, 1.165) is 10.8 Å². The molecule has 14 heteroatoms. The van der Waals surface area contributed by atoms with Crippen molar-refractivity contribution in [2.45, 2.75) is 28.1 Å². The van der Waals surface area contributed by atoms with Gasteiger partial charge in [-0.25, -0.2) is 4.79 Å². The topological polar surface area (TPSA) is 94.3 Å². The molecule has 4 rings (SSSR count).